The molecule has 0 amide bonds. The lowest BCUT2D eigenvalue weighted by atomic mass is 10.0. The third-order valence-corrected chi connectivity index (χ3v) is 5.66. The average Bonchev–Trinajstić information content (AvgIpc) is 2.80. The molecule has 0 bridgehead atoms. The first-order valence-corrected chi connectivity index (χ1v) is 10.7. The maximum atomic E-state index is 6.52. The monoisotopic (exact) mass is 558 g/mol. The number of para-hydroxylation sites is 1. The molecule has 0 aliphatic carbocycles. The molecule has 0 saturated carbocycles. The Labute approximate surface area is 207 Å². The Morgan fingerprint density at radius 3 is 2.55 bits per heavy atom. The number of hydrogen-bond donors (Lipinski definition) is 2. The molecular formula is C23H32ClIN4O2. The molecule has 1 saturated heterocycles. The van der Waals surface area contributed by atoms with Gasteiger partial charge in [-0.25, -0.2) is 0 Å². The van der Waals surface area contributed by atoms with Crippen LogP contribution in [-0.2, 0) is 11.2 Å². The number of rotatable bonds is 8. The molecule has 2 aromatic carbocycles. The summed E-state index contributed by atoms with van der Waals surface area (Å²) in [5.74, 6) is 1.68. The van der Waals surface area contributed by atoms with Crippen LogP contribution in [0.2, 0.25) is 5.02 Å². The maximum absolute atomic E-state index is 6.52. The summed E-state index contributed by atoms with van der Waals surface area (Å²) >= 11 is 6.52. The third kappa shape index (κ3) is 7.52. The molecule has 0 spiro atoms. The lowest BCUT2D eigenvalue weighted by molar-refractivity contribution is 0.0170. The molecule has 1 heterocycles. The predicted molar refractivity (Wildman–Crippen MR) is 138 cm³/mol. The third-order valence-electron chi connectivity index (χ3n) is 5.32. The van der Waals surface area contributed by atoms with Crippen molar-refractivity contribution in [2.45, 2.75) is 12.5 Å². The number of halogens is 2. The molecule has 0 radical (unpaired) electrons. The Hall–Kier alpha value is -1.55. The first kappa shape index (κ1) is 25.7. The van der Waals surface area contributed by atoms with E-state index in [1.807, 2.05) is 36.4 Å². The highest BCUT2D eigenvalue weighted by Crippen LogP contribution is 2.27. The number of guanidine groups is 1. The van der Waals surface area contributed by atoms with Gasteiger partial charge in [0.1, 0.15) is 5.75 Å². The van der Waals surface area contributed by atoms with Crippen molar-refractivity contribution in [3.63, 3.8) is 0 Å². The summed E-state index contributed by atoms with van der Waals surface area (Å²) < 4.78 is 11.0. The largest absolute Gasteiger partial charge is 0.496 e. The zero-order valence-corrected chi connectivity index (χ0v) is 21.2. The van der Waals surface area contributed by atoms with E-state index in [0.29, 0.717) is 6.54 Å². The van der Waals surface area contributed by atoms with Crippen LogP contribution in [0, 0.1) is 0 Å². The summed E-state index contributed by atoms with van der Waals surface area (Å²) in [5, 5.41) is 7.66. The van der Waals surface area contributed by atoms with Crippen molar-refractivity contribution in [3.8, 4) is 5.75 Å². The molecule has 3 rings (SSSR count). The number of methoxy groups -OCH3 is 1. The minimum atomic E-state index is 0. The molecule has 31 heavy (non-hydrogen) atoms. The van der Waals surface area contributed by atoms with E-state index in [1.165, 1.54) is 5.56 Å². The second-order valence-electron chi connectivity index (χ2n) is 7.13. The van der Waals surface area contributed by atoms with Crippen LogP contribution in [0.1, 0.15) is 17.2 Å². The van der Waals surface area contributed by atoms with Crippen LogP contribution in [0.4, 0.5) is 0 Å². The second-order valence-corrected chi connectivity index (χ2v) is 7.53. The van der Waals surface area contributed by atoms with E-state index in [9.17, 15) is 0 Å². The zero-order chi connectivity index (χ0) is 21.2. The number of nitrogens with zero attached hydrogens (tertiary/aromatic N) is 2. The summed E-state index contributed by atoms with van der Waals surface area (Å²) in [6, 6.07) is 16.3. The van der Waals surface area contributed by atoms with Gasteiger partial charge in [0.25, 0.3) is 0 Å². The van der Waals surface area contributed by atoms with Crippen molar-refractivity contribution < 1.29 is 9.47 Å². The fraction of sp³-hybridized carbons (Fsp3) is 0.435. The number of hydrogen-bond acceptors (Lipinski definition) is 4. The van der Waals surface area contributed by atoms with Gasteiger partial charge < -0.3 is 20.1 Å². The summed E-state index contributed by atoms with van der Waals surface area (Å²) in [4.78, 5) is 6.80. The topological polar surface area (TPSA) is 58.1 Å². The van der Waals surface area contributed by atoms with E-state index >= 15 is 0 Å². The molecule has 6 nitrogen and oxygen atoms in total. The Morgan fingerprint density at radius 2 is 1.84 bits per heavy atom. The lowest BCUT2D eigenvalue weighted by Gasteiger charge is -2.35. The molecule has 8 heteroatoms. The Kier molecular flexibility index (Phi) is 11.4. The average molecular weight is 559 g/mol. The highest BCUT2D eigenvalue weighted by molar-refractivity contribution is 14.0. The molecule has 1 aliphatic rings. The van der Waals surface area contributed by atoms with Gasteiger partial charge in [-0.2, -0.15) is 0 Å². The van der Waals surface area contributed by atoms with Gasteiger partial charge >= 0.3 is 0 Å². The Morgan fingerprint density at radius 1 is 1.13 bits per heavy atom. The van der Waals surface area contributed by atoms with E-state index < -0.39 is 0 Å². The molecule has 1 fully saturated rings. The molecule has 1 unspecified atom stereocenters. The highest BCUT2D eigenvalue weighted by Gasteiger charge is 2.24. The number of aliphatic imine (C=N–C) groups is 1. The van der Waals surface area contributed by atoms with Crippen LogP contribution in [-0.4, -0.2) is 64.4 Å². The molecule has 2 N–H and O–H groups in total. The number of benzene rings is 2. The minimum Gasteiger partial charge on any atom is -0.496 e. The SMILES string of the molecule is CN=C(NCCc1ccccc1OC)NCC(c1ccccc1Cl)N1CCOCC1.I. The maximum Gasteiger partial charge on any atom is 0.191 e. The van der Waals surface area contributed by atoms with E-state index in [-0.39, 0.29) is 30.0 Å². The van der Waals surface area contributed by atoms with Gasteiger partial charge in [-0.05, 0) is 29.7 Å². The fourth-order valence-electron chi connectivity index (χ4n) is 3.71. The highest BCUT2D eigenvalue weighted by atomic mass is 127. The quantitative estimate of drug-likeness (QED) is 0.294. The number of morpholine rings is 1. The smallest absolute Gasteiger partial charge is 0.191 e. The summed E-state index contributed by atoms with van der Waals surface area (Å²) in [6.45, 7) is 4.72. The summed E-state index contributed by atoms with van der Waals surface area (Å²) in [5.41, 5.74) is 2.29. The van der Waals surface area contributed by atoms with Crippen molar-refractivity contribution in [2.24, 2.45) is 4.99 Å². The number of ether oxygens (including phenoxy) is 2. The Balaban J connectivity index is 0.00000341. The first-order valence-electron chi connectivity index (χ1n) is 10.4. The minimum absolute atomic E-state index is 0. The van der Waals surface area contributed by atoms with Gasteiger partial charge in [0.05, 0.1) is 26.4 Å². The van der Waals surface area contributed by atoms with Crippen molar-refractivity contribution >= 4 is 41.5 Å². The normalized spacial score (nSPS) is 15.6. The van der Waals surface area contributed by atoms with E-state index in [1.54, 1.807) is 14.2 Å². The predicted octanol–water partition coefficient (Wildman–Crippen LogP) is 3.75. The van der Waals surface area contributed by atoms with Crippen molar-refractivity contribution in [2.75, 3.05) is 53.6 Å². The molecule has 0 aromatic heterocycles. The molecular weight excluding hydrogens is 527 g/mol. The van der Waals surface area contributed by atoms with Crippen LogP contribution < -0.4 is 15.4 Å². The summed E-state index contributed by atoms with van der Waals surface area (Å²) in [7, 11) is 3.49. The summed E-state index contributed by atoms with van der Waals surface area (Å²) in [6.07, 6.45) is 0.849. The van der Waals surface area contributed by atoms with Crippen molar-refractivity contribution in [1.29, 1.82) is 0 Å². The van der Waals surface area contributed by atoms with Crippen LogP contribution in [0.3, 0.4) is 0 Å². The van der Waals surface area contributed by atoms with Gasteiger partial charge in [-0.1, -0.05) is 48.0 Å². The first-order chi connectivity index (χ1) is 14.7. The van der Waals surface area contributed by atoms with E-state index in [0.717, 1.165) is 61.6 Å². The fourth-order valence-corrected chi connectivity index (χ4v) is 3.97. The molecule has 1 atom stereocenters. The van der Waals surface area contributed by atoms with Gasteiger partial charge in [0.15, 0.2) is 5.96 Å². The van der Waals surface area contributed by atoms with Gasteiger partial charge in [0.2, 0.25) is 0 Å². The van der Waals surface area contributed by atoms with E-state index in [2.05, 4.69) is 32.7 Å². The van der Waals surface area contributed by atoms with E-state index in [4.69, 9.17) is 21.1 Å². The zero-order valence-electron chi connectivity index (χ0n) is 18.1. The van der Waals surface area contributed by atoms with Crippen LogP contribution >= 0.6 is 35.6 Å². The van der Waals surface area contributed by atoms with Crippen LogP contribution in [0.15, 0.2) is 53.5 Å². The van der Waals surface area contributed by atoms with Crippen LogP contribution in [0.5, 0.6) is 5.75 Å². The lowest BCUT2D eigenvalue weighted by Crippen LogP contribution is -2.46. The van der Waals surface area contributed by atoms with Gasteiger partial charge in [-0.3, -0.25) is 9.89 Å². The van der Waals surface area contributed by atoms with Crippen LogP contribution in [0.25, 0.3) is 0 Å². The second kappa shape index (κ2) is 13.8. The van der Waals surface area contributed by atoms with Crippen molar-refractivity contribution in [3.05, 3.63) is 64.7 Å². The number of nitrogens with one attached hydrogen (secondary N) is 2. The van der Waals surface area contributed by atoms with Gasteiger partial charge in [0, 0.05) is 38.2 Å². The standard InChI is InChI=1S/C23H31ClN4O2.HI/c1-25-23(26-12-11-18-7-3-6-10-22(18)29-2)27-17-21(28-13-15-30-16-14-28)19-8-4-5-9-20(19)24;/h3-10,21H,11-17H2,1-2H3,(H2,25,26,27);1H. The molecule has 2 aromatic rings. The van der Waals surface area contributed by atoms with Gasteiger partial charge in [-0.15, -0.1) is 24.0 Å². The van der Waals surface area contributed by atoms with Crippen molar-refractivity contribution in [1.82, 2.24) is 15.5 Å². The molecule has 170 valence electrons. The molecule has 1 aliphatic heterocycles. The Bertz CT molecular complexity index is 831.